The molecule has 0 saturated carbocycles. The average Bonchev–Trinajstić information content (AvgIpc) is 3.36. The minimum absolute atomic E-state index is 0.0784. The normalized spacial score (nSPS) is 11.1. The second-order valence-corrected chi connectivity index (χ2v) is 8.61. The van der Waals surface area contributed by atoms with Crippen molar-refractivity contribution in [1.82, 2.24) is 29.5 Å². The quantitative estimate of drug-likeness (QED) is 0.344. The summed E-state index contributed by atoms with van der Waals surface area (Å²) in [6.07, 6.45) is 2.87. The molecule has 1 N–H and O–H groups in total. The SMILES string of the molecule is CCSc1nnc(NC(=O)CCn2cnc3c(cnn3-c3ccc(F)cc3)c2=O)s1. The molecule has 0 aliphatic carbocycles. The first-order valence-electron chi connectivity index (χ1n) is 9.00. The zero-order valence-electron chi connectivity index (χ0n) is 15.8. The molecule has 0 unspecified atom stereocenters. The van der Waals surface area contributed by atoms with Crippen LogP contribution in [0.25, 0.3) is 16.7 Å². The van der Waals surface area contributed by atoms with E-state index in [1.807, 2.05) is 6.92 Å². The second-order valence-electron chi connectivity index (χ2n) is 6.12. The van der Waals surface area contributed by atoms with Gasteiger partial charge in [0.2, 0.25) is 11.0 Å². The molecular formula is C18H16FN7O2S2. The lowest BCUT2D eigenvalue weighted by Gasteiger charge is -2.06. The lowest BCUT2D eigenvalue weighted by Crippen LogP contribution is -2.23. The van der Waals surface area contributed by atoms with Crippen LogP contribution in [0.1, 0.15) is 13.3 Å². The number of fused-ring (bicyclic) bond motifs is 1. The van der Waals surface area contributed by atoms with E-state index in [4.69, 9.17) is 0 Å². The topological polar surface area (TPSA) is 108 Å². The van der Waals surface area contributed by atoms with E-state index in [9.17, 15) is 14.0 Å². The van der Waals surface area contributed by atoms with Gasteiger partial charge in [-0.1, -0.05) is 30.0 Å². The van der Waals surface area contributed by atoms with Gasteiger partial charge in [-0.05, 0) is 30.0 Å². The van der Waals surface area contributed by atoms with Gasteiger partial charge in [-0.3, -0.25) is 14.2 Å². The minimum Gasteiger partial charge on any atom is -0.300 e. The summed E-state index contributed by atoms with van der Waals surface area (Å²) in [5.41, 5.74) is 0.647. The molecule has 0 fully saturated rings. The summed E-state index contributed by atoms with van der Waals surface area (Å²) in [5.74, 6) is 0.240. The Morgan fingerprint density at radius 2 is 2.07 bits per heavy atom. The molecule has 12 heteroatoms. The van der Waals surface area contributed by atoms with Crippen molar-refractivity contribution in [3.8, 4) is 5.69 Å². The van der Waals surface area contributed by atoms with Crippen LogP contribution in [0.15, 0.2) is 45.9 Å². The molecule has 0 spiro atoms. The summed E-state index contributed by atoms with van der Waals surface area (Å²) in [4.78, 5) is 29.2. The Bertz CT molecular complexity index is 1250. The molecule has 154 valence electrons. The molecule has 0 atom stereocenters. The van der Waals surface area contributed by atoms with Gasteiger partial charge < -0.3 is 5.32 Å². The Labute approximate surface area is 178 Å². The number of nitrogens with one attached hydrogen (secondary N) is 1. The van der Waals surface area contributed by atoms with Crippen LogP contribution in [-0.4, -0.2) is 41.2 Å². The fourth-order valence-corrected chi connectivity index (χ4v) is 4.39. The van der Waals surface area contributed by atoms with Gasteiger partial charge in [-0.15, -0.1) is 10.2 Å². The number of thioether (sulfide) groups is 1. The predicted molar refractivity (Wildman–Crippen MR) is 113 cm³/mol. The molecule has 1 amide bonds. The highest BCUT2D eigenvalue weighted by Gasteiger charge is 2.13. The van der Waals surface area contributed by atoms with Crippen molar-refractivity contribution >= 4 is 45.2 Å². The largest absolute Gasteiger partial charge is 0.300 e. The number of carbonyl (C=O) groups is 1. The monoisotopic (exact) mass is 445 g/mol. The molecule has 1 aromatic carbocycles. The zero-order valence-corrected chi connectivity index (χ0v) is 17.4. The van der Waals surface area contributed by atoms with Gasteiger partial charge in [0, 0.05) is 13.0 Å². The fourth-order valence-electron chi connectivity index (χ4n) is 2.72. The van der Waals surface area contributed by atoms with Gasteiger partial charge >= 0.3 is 0 Å². The van der Waals surface area contributed by atoms with Crippen molar-refractivity contribution < 1.29 is 9.18 Å². The van der Waals surface area contributed by atoms with Gasteiger partial charge in [0.1, 0.15) is 11.2 Å². The smallest absolute Gasteiger partial charge is 0.264 e. The standard InChI is InChI=1S/C18H16FN7O2S2/c1-2-29-18-24-23-17(30-18)22-14(27)7-8-25-10-20-15-13(16(25)28)9-21-26(15)12-5-3-11(19)4-6-12/h3-6,9-10H,2,7-8H2,1H3,(H,22,23,27). The van der Waals surface area contributed by atoms with Crippen molar-refractivity contribution in [2.24, 2.45) is 0 Å². The lowest BCUT2D eigenvalue weighted by molar-refractivity contribution is -0.116. The van der Waals surface area contributed by atoms with Gasteiger partial charge in [0.15, 0.2) is 9.99 Å². The molecule has 0 radical (unpaired) electrons. The summed E-state index contributed by atoms with van der Waals surface area (Å²) >= 11 is 2.86. The van der Waals surface area contributed by atoms with Crippen LogP contribution in [0.5, 0.6) is 0 Å². The third kappa shape index (κ3) is 4.24. The Hall–Kier alpha value is -3.12. The van der Waals surface area contributed by atoms with Crippen LogP contribution in [-0.2, 0) is 11.3 Å². The molecule has 3 aromatic heterocycles. The summed E-state index contributed by atoms with van der Waals surface area (Å²) in [6.45, 7) is 2.17. The van der Waals surface area contributed by atoms with Crippen LogP contribution >= 0.6 is 23.1 Å². The van der Waals surface area contributed by atoms with E-state index in [1.54, 1.807) is 23.9 Å². The van der Waals surface area contributed by atoms with Gasteiger partial charge in [-0.2, -0.15) is 5.10 Å². The molecule has 30 heavy (non-hydrogen) atoms. The van der Waals surface area contributed by atoms with Crippen molar-refractivity contribution in [1.29, 1.82) is 0 Å². The minimum atomic E-state index is -0.363. The van der Waals surface area contributed by atoms with Crippen LogP contribution in [0.3, 0.4) is 0 Å². The van der Waals surface area contributed by atoms with Crippen LogP contribution in [0.2, 0.25) is 0 Å². The number of carbonyl (C=O) groups excluding carboxylic acids is 1. The van der Waals surface area contributed by atoms with Crippen molar-refractivity contribution in [3.63, 3.8) is 0 Å². The van der Waals surface area contributed by atoms with E-state index in [0.29, 0.717) is 21.9 Å². The van der Waals surface area contributed by atoms with Crippen LogP contribution in [0.4, 0.5) is 9.52 Å². The number of hydrogen-bond acceptors (Lipinski definition) is 8. The van der Waals surface area contributed by atoms with Crippen molar-refractivity contribution in [2.75, 3.05) is 11.1 Å². The number of hydrogen-bond donors (Lipinski definition) is 1. The average molecular weight is 446 g/mol. The molecule has 0 saturated heterocycles. The highest BCUT2D eigenvalue weighted by atomic mass is 32.2. The molecular weight excluding hydrogens is 429 g/mol. The first-order chi connectivity index (χ1) is 14.5. The molecule has 0 aliphatic rings. The number of aryl methyl sites for hydroxylation is 1. The highest BCUT2D eigenvalue weighted by Crippen LogP contribution is 2.25. The maximum atomic E-state index is 13.1. The van der Waals surface area contributed by atoms with E-state index in [2.05, 4.69) is 25.6 Å². The highest BCUT2D eigenvalue weighted by molar-refractivity contribution is 8.01. The van der Waals surface area contributed by atoms with E-state index < -0.39 is 0 Å². The maximum Gasteiger partial charge on any atom is 0.264 e. The maximum absolute atomic E-state index is 13.1. The van der Waals surface area contributed by atoms with Gasteiger partial charge in [0.05, 0.1) is 18.2 Å². The van der Waals surface area contributed by atoms with E-state index in [1.165, 1.54) is 45.2 Å². The van der Waals surface area contributed by atoms with Gasteiger partial charge in [0.25, 0.3) is 5.56 Å². The first kappa shape index (κ1) is 20.2. The number of halogens is 1. The Balaban J connectivity index is 1.47. The summed E-state index contributed by atoms with van der Waals surface area (Å²) in [5, 5.41) is 15.5. The molecule has 4 rings (SSSR count). The molecule has 0 aliphatic heterocycles. The van der Waals surface area contributed by atoms with E-state index in [0.717, 1.165) is 10.1 Å². The summed E-state index contributed by atoms with van der Waals surface area (Å²) in [7, 11) is 0. The Morgan fingerprint density at radius 3 is 2.83 bits per heavy atom. The van der Waals surface area contributed by atoms with Crippen LogP contribution < -0.4 is 10.9 Å². The Kier molecular flexibility index (Phi) is 5.86. The third-order valence-electron chi connectivity index (χ3n) is 4.13. The number of amides is 1. The number of aromatic nitrogens is 6. The molecule has 4 aromatic rings. The molecule has 0 bridgehead atoms. The second kappa shape index (κ2) is 8.71. The van der Waals surface area contributed by atoms with Crippen LogP contribution in [0, 0.1) is 5.82 Å². The molecule has 9 nitrogen and oxygen atoms in total. The van der Waals surface area contributed by atoms with Crippen molar-refractivity contribution in [3.05, 3.63) is 53.0 Å². The zero-order chi connectivity index (χ0) is 21.1. The lowest BCUT2D eigenvalue weighted by atomic mass is 10.3. The molecule has 3 heterocycles. The first-order valence-corrected chi connectivity index (χ1v) is 10.8. The number of anilines is 1. The number of rotatable bonds is 7. The van der Waals surface area contributed by atoms with Gasteiger partial charge in [-0.25, -0.2) is 14.1 Å². The summed E-state index contributed by atoms with van der Waals surface area (Å²) in [6, 6.07) is 5.73. The van der Waals surface area contributed by atoms with E-state index >= 15 is 0 Å². The Morgan fingerprint density at radius 1 is 1.27 bits per heavy atom. The number of nitrogens with zero attached hydrogens (tertiary/aromatic N) is 6. The summed E-state index contributed by atoms with van der Waals surface area (Å²) < 4.78 is 16.8. The fraction of sp³-hybridized carbons (Fsp3) is 0.222. The van der Waals surface area contributed by atoms with E-state index in [-0.39, 0.29) is 30.2 Å². The predicted octanol–water partition coefficient (Wildman–Crippen LogP) is 2.71. The third-order valence-corrected chi connectivity index (χ3v) is 5.98. The van der Waals surface area contributed by atoms with Crippen molar-refractivity contribution in [2.45, 2.75) is 24.2 Å². The number of benzene rings is 1.